The fraction of sp³-hybridized carbons (Fsp3) is 0.714. The van der Waals surface area contributed by atoms with Gasteiger partial charge in [0.25, 0.3) is 0 Å². The summed E-state index contributed by atoms with van der Waals surface area (Å²) < 4.78 is 27.3. The molecule has 1 saturated carbocycles. The molecule has 1 heterocycles. The molecule has 1 fully saturated rings. The molecular weight excluding hydrogens is 292 g/mol. The Balaban J connectivity index is 1.81. The molecular formula is C14H24N2O2S2. The molecule has 6 heteroatoms. The lowest BCUT2D eigenvalue weighted by atomic mass is 10.1. The number of hydrogen-bond donors (Lipinski definition) is 2. The number of rotatable bonds is 9. The minimum Gasteiger partial charge on any atom is -0.310 e. The van der Waals surface area contributed by atoms with Crippen LogP contribution in [0.25, 0.3) is 0 Å². The van der Waals surface area contributed by atoms with E-state index in [1.54, 1.807) is 6.07 Å². The van der Waals surface area contributed by atoms with Crippen LogP contribution in [0, 0.1) is 5.92 Å². The van der Waals surface area contributed by atoms with Crippen LogP contribution in [-0.2, 0) is 16.6 Å². The summed E-state index contributed by atoms with van der Waals surface area (Å²) in [5.41, 5.74) is 1.06. The molecule has 114 valence electrons. The van der Waals surface area contributed by atoms with Crippen molar-refractivity contribution in [1.29, 1.82) is 0 Å². The molecule has 0 aliphatic heterocycles. The van der Waals surface area contributed by atoms with E-state index in [9.17, 15) is 8.42 Å². The molecule has 0 atom stereocenters. The first-order valence-corrected chi connectivity index (χ1v) is 9.64. The van der Waals surface area contributed by atoms with E-state index in [0.29, 0.717) is 22.7 Å². The predicted molar refractivity (Wildman–Crippen MR) is 83.4 cm³/mol. The van der Waals surface area contributed by atoms with E-state index in [2.05, 4.69) is 23.9 Å². The number of thiophene rings is 1. The maximum Gasteiger partial charge on any atom is 0.250 e. The lowest BCUT2D eigenvalue weighted by molar-refractivity contribution is 0.540. The molecule has 0 bridgehead atoms. The zero-order valence-electron chi connectivity index (χ0n) is 12.2. The van der Waals surface area contributed by atoms with E-state index in [1.807, 2.05) is 5.38 Å². The first-order chi connectivity index (χ1) is 9.47. The third kappa shape index (κ3) is 5.16. The minimum absolute atomic E-state index is 0.426. The molecule has 0 aromatic carbocycles. The van der Waals surface area contributed by atoms with Crippen LogP contribution in [0.2, 0.25) is 0 Å². The van der Waals surface area contributed by atoms with Gasteiger partial charge in [-0.25, -0.2) is 13.1 Å². The summed E-state index contributed by atoms with van der Waals surface area (Å²) >= 11 is 1.30. The van der Waals surface area contributed by atoms with Crippen LogP contribution in [0.5, 0.6) is 0 Å². The van der Waals surface area contributed by atoms with Crippen molar-refractivity contribution in [2.45, 2.75) is 56.3 Å². The maximum absolute atomic E-state index is 12.1. The van der Waals surface area contributed by atoms with E-state index in [0.717, 1.165) is 24.9 Å². The SMILES string of the molecule is CC(C)CCCNS(=O)(=O)c1cc(CNC2CC2)cs1. The molecule has 1 aromatic heterocycles. The fourth-order valence-corrected chi connectivity index (χ4v) is 4.25. The van der Waals surface area contributed by atoms with Gasteiger partial charge in [-0.3, -0.25) is 0 Å². The molecule has 0 amide bonds. The molecule has 0 unspecified atom stereocenters. The van der Waals surface area contributed by atoms with Crippen LogP contribution in [0.3, 0.4) is 0 Å². The van der Waals surface area contributed by atoms with Crippen molar-refractivity contribution < 1.29 is 8.42 Å². The van der Waals surface area contributed by atoms with E-state index in [4.69, 9.17) is 0 Å². The Morgan fingerprint density at radius 1 is 1.40 bits per heavy atom. The molecule has 0 spiro atoms. The van der Waals surface area contributed by atoms with Crippen LogP contribution in [0.4, 0.5) is 0 Å². The summed E-state index contributed by atoms with van der Waals surface area (Å²) in [4.78, 5) is 0. The average Bonchev–Trinajstić information content (AvgIpc) is 3.08. The van der Waals surface area contributed by atoms with Crippen LogP contribution in [-0.4, -0.2) is 21.0 Å². The third-order valence-electron chi connectivity index (χ3n) is 3.32. The first kappa shape index (κ1) is 15.9. The second-order valence-electron chi connectivity index (χ2n) is 5.86. The maximum atomic E-state index is 12.1. The second-order valence-corrected chi connectivity index (χ2v) is 8.77. The number of hydrogen-bond acceptors (Lipinski definition) is 4. The summed E-state index contributed by atoms with van der Waals surface area (Å²) in [5, 5.41) is 5.32. The van der Waals surface area contributed by atoms with Gasteiger partial charge in [-0.15, -0.1) is 11.3 Å². The van der Waals surface area contributed by atoms with Crippen LogP contribution in [0.15, 0.2) is 15.7 Å². The van der Waals surface area contributed by atoms with Crippen LogP contribution < -0.4 is 10.0 Å². The highest BCUT2D eigenvalue weighted by Gasteiger charge is 2.21. The fourth-order valence-electron chi connectivity index (χ4n) is 1.92. The van der Waals surface area contributed by atoms with E-state index in [-0.39, 0.29) is 0 Å². The Bertz CT molecular complexity index is 519. The molecule has 2 rings (SSSR count). The largest absolute Gasteiger partial charge is 0.310 e. The van der Waals surface area contributed by atoms with Gasteiger partial charge in [-0.05, 0) is 48.6 Å². The molecule has 4 nitrogen and oxygen atoms in total. The highest BCUT2D eigenvalue weighted by Crippen LogP contribution is 2.23. The first-order valence-electron chi connectivity index (χ1n) is 7.28. The van der Waals surface area contributed by atoms with Gasteiger partial charge in [0.15, 0.2) is 0 Å². The Labute approximate surface area is 126 Å². The Kier molecular flexibility index (Phi) is 5.60. The monoisotopic (exact) mass is 316 g/mol. The van der Waals surface area contributed by atoms with Crippen molar-refractivity contribution >= 4 is 21.4 Å². The quantitative estimate of drug-likeness (QED) is 0.689. The molecule has 20 heavy (non-hydrogen) atoms. The summed E-state index contributed by atoms with van der Waals surface area (Å²) in [7, 11) is -3.32. The van der Waals surface area contributed by atoms with Crippen LogP contribution in [0.1, 0.15) is 45.1 Å². The number of sulfonamides is 1. The van der Waals surface area contributed by atoms with Crippen molar-refractivity contribution in [2.24, 2.45) is 5.92 Å². The standard InChI is InChI=1S/C14H24N2O2S2/c1-11(2)4-3-7-16-20(17,18)14-8-12(10-19-14)9-15-13-5-6-13/h8,10-11,13,15-16H,3-7,9H2,1-2H3. The van der Waals surface area contributed by atoms with Gasteiger partial charge in [-0.1, -0.05) is 13.8 Å². The average molecular weight is 316 g/mol. The second kappa shape index (κ2) is 7.02. The zero-order valence-corrected chi connectivity index (χ0v) is 13.8. The normalized spacial score (nSPS) is 15.9. The molecule has 1 aliphatic carbocycles. The summed E-state index contributed by atoms with van der Waals surface area (Å²) in [6.07, 6.45) is 4.42. The van der Waals surface area contributed by atoms with Crippen molar-refractivity contribution in [2.75, 3.05) is 6.54 Å². The Morgan fingerprint density at radius 2 is 2.15 bits per heavy atom. The van der Waals surface area contributed by atoms with Gasteiger partial charge >= 0.3 is 0 Å². The molecule has 2 N–H and O–H groups in total. The molecule has 0 radical (unpaired) electrons. The van der Waals surface area contributed by atoms with Gasteiger partial charge in [0, 0.05) is 19.1 Å². The van der Waals surface area contributed by atoms with Crippen molar-refractivity contribution in [1.82, 2.24) is 10.0 Å². The lowest BCUT2D eigenvalue weighted by Gasteiger charge is -2.06. The summed E-state index contributed by atoms with van der Waals surface area (Å²) in [5.74, 6) is 0.612. The minimum atomic E-state index is -3.32. The van der Waals surface area contributed by atoms with Gasteiger partial charge in [0.2, 0.25) is 10.0 Å². The van der Waals surface area contributed by atoms with Crippen molar-refractivity contribution in [3.8, 4) is 0 Å². The lowest BCUT2D eigenvalue weighted by Crippen LogP contribution is -2.24. The van der Waals surface area contributed by atoms with Gasteiger partial charge in [0.1, 0.15) is 4.21 Å². The van der Waals surface area contributed by atoms with Crippen molar-refractivity contribution in [3.63, 3.8) is 0 Å². The van der Waals surface area contributed by atoms with Crippen molar-refractivity contribution in [3.05, 3.63) is 17.0 Å². The van der Waals surface area contributed by atoms with Gasteiger partial charge in [0.05, 0.1) is 0 Å². The number of nitrogens with one attached hydrogen (secondary N) is 2. The molecule has 1 aromatic rings. The smallest absolute Gasteiger partial charge is 0.250 e. The van der Waals surface area contributed by atoms with Gasteiger partial charge in [-0.2, -0.15) is 0 Å². The van der Waals surface area contributed by atoms with Gasteiger partial charge < -0.3 is 5.32 Å². The summed E-state index contributed by atoms with van der Waals surface area (Å²) in [6, 6.07) is 2.43. The van der Waals surface area contributed by atoms with E-state index < -0.39 is 10.0 Å². The Morgan fingerprint density at radius 3 is 2.80 bits per heavy atom. The zero-order chi connectivity index (χ0) is 14.6. The predicted octanol–water partition coefficient (Wildman–Crippen LogP) is 2.71. The topological polar surface area (TPSA) is 58.2 Å². The third-order valence-corrected chi connectivity index (χ3v) is 6.27. The Hall–Kier alpha value is -0.430. The molecule has 0 saturated heterocycles. The van der Waals surface area contributed by atoms with E-state index in [1.165, 1.54) is 24.2 Å². The highest BCUT2D eigenvalue weighted by atomic mass is 32.2. The van der Waals surface area contributed by atoms with Crippen LogP contribution >= 0.6 is 11.3 Å². The summed E-state index contributed by atoms with van der Waals surface area (Å²) in [6.45, 7) is 5.58. The van der Waals surface area contributed by atoms with E-state index >= 15 is 0 Å². The molecule has 1 aliphatic rings. The highest BCUT2D eigenvalue weighted by molar-refractivity contribution is 7.91.